The third kappa shape index (κ3) is 8.83. The first-order chi connectivity index (χ1) is 23.4. The Hall–Kier alpha value is -3.90. The van der Waals surface area contributed by atoms with Crippen LogP contribution in [0.2, 0.25) is 0 Å². The molecule has 0 bridgehead atoms. The number of amides is 5. The van der Waals surface area contributed by atoms with Crippen LogP contribution in [0.25, 0.3) is 0 Å². The Balaban J connectivity index is 1.36. The van der Waals surface area contributed by atoms with E-state index in [4.69, 9.17) is 0 Å². The molecule has 6 atom stereocenters. The molecule has 13 heteroatoms. The van der Waals surface area contributed by atoms with Gasteiger partial charge in [-0.25, -0.2) is 4.98 Å². The summed E-state index contributed by atoms with van der Waals surface area (Å²) >= 11 is 0. The smallest absolute Gasteiger partial charge is 0.289 e. The fraction of sp³-hybridized carbons (Fsp3) is 0.722. The quantitative estimate of drug-likeness (QED) is 0.230. The maximum atomic E-state index is 14.6. The summed E-state index contributed by atoms with van der Waals surface area (Å²) in [5, 5.41) is 11.5. The van der Waals surface area contributed by atoms with Crippen molar-refractivity contribution in [3.05, 3.63) is 24.3 Å². The van der Waals surface area contributed by atoms with Gasteiger partial charge in [0.1, 0.15) is 23.8 Å². The third-order valence-corrected chi connectivity index (χ3v) is 10.7. The number of hydrogen-bond acceptors (Lipinski definition) is 8. The molecule has 2 heterocycles. The summed E-state index contributed by atoms with van der Waals surface area (Å²) < 4.78 is 0. The average molecular weight is 680 g/mol. The van der Waals surface area contributed by atoms with E-state index >= 15 is 0 Å². The van der Waals surface area contributed by atoms with Gasteiger partial charge in [-0.3, -0.25) is 33.8 Å². The van der Waals surface area contributed by atoms with Crippen LogP contribution in [-0.4, -0.2) is 86.9 Å². The predicted octanol–water partition coefficient (Wildman–Crippen LogP) is 2.45. The summed E-state index contributed by atoms with van der Waals surface area (Å²) in [6, 6.07) is -3.68. The van der Waals surface area contributed by atoms with E-state index in [1.54, 1.807) is 4.90 Å². The van der Waals surface area contributed by atoms with E-state index < -0.39 is 59.0 Å². The van der Waals surface area contributed by atoms with Crippen LogP contribution in [0.1, 0.15) is 115 Å². The second-order valence-electron chi connectivity index (χ2n) is 15.5. The van der Waals surface area contributed by atoms with Gasteiger partial charge in [0.05, 0.1) is 12.2 Å². The molecule has 1 saturated heterocycles. The Kier molecular flexibility index (Phi) is 11.7. The molecule has 4 aliphatic rings. The fourth-order valence-electron chi connectivity index (χ4n) is 7.87. The Morgan fingerprint density at radius 3 is 2.27 bits per heavy atom. The Bertz CT molecular complexity index is 1390. The van der Waals surface area contributed by atoms with Crippen LogP contribution in [0.4, 0.5) is 0 Å². The highest BCUT2D eigenvalue weighted by Crippen LogP contribution is 2.43. The number of Topliss-reactive ketones (excluding diaryl/α,β-unsaturated/α-hetero) is 1. The SMILES string of the molecule is CCC[C@@H](NC(=O)[C@@H]1C2CCCC2CN1C(=O)[C@H](NC(=O)[C@@H](NC(=O)c1cnccn1)C1CCCCC1)C(C)(C)C)C(=O)C(=O)NC1CC1. The van der Waals surface area contributed by atoms with Gasteiger partial charge in [0.25, 0.3) is 11.8 Å². The maximum Gasteiger partial charge on any atom is 0.289 e. The zero-order valence-electron chi connectivity index (χ0n) is 29.3. The van der Waals surface area contributed by atoms with Crippen molar-refractivity contribution >= 4 is 35.3 Å². The number of nitrogens with one attached hydrogen (secondary N) is 4. The van der Waals surface area contributed by atoms with E-state index in [-0.39, 0.29) is 35.4 Å². The molecule has 0 spiro atoms. The average Bonchev–Trinajstić information content (AvgIpc) is 3.65. The van der Waals surface area contributed by atoms with E-state index in [0.29, 0.717) is 19.4 Å². The first-order valence-corrected chi connectivity index (χ1v) is 18.2. The maximum absolute atomic E-state index is 14.6. The molecule has 5 amide bonds. The van der Waals surface area contributed by atoms with Gasteiger partial charge in [0.2, 0.25) is 23.5 Å². The van der Waals surface area contributed by atoms with Crippen molar-refractivity contribution in [1.82, 2.24) is 36.1 Å². The molecule has 4 N–H and O–H groups in total. The molecular formula is C36H53N7O6. The number of ketones is 1. The van der Waals surface area contributed by atoms with Crippen LogP contribution in [0.3, 0.4) is 0 Å². The Morgan fingerprint density at radius 1 is 0.898 bits per heavy atom. The molecule has 4 fully saturated rings. The minimum atomic E-state index is -0.994. The van der Waals surface area contributed by atoms with Crippen LogP contribution in [0.5, 0.6) is 0 Å². The number of hydrogen-bond donors (Lipinski definition) is 4. The minimum Gasteiger partial charge on any atom is -0.347 e. The first-order valence-electron chi connectivity index (χ1n) is 18.2. The lowest BCUT2D eigenvalue weighted by Crippen LogP contribution is -2.62. The summed E-state index contributed by atoms with van der Waals surface area (Å²) in [4.78, 5) is 91.4. The van der Waals surface area contributed by atoms with Crippen LogP contribution in [0.15, 0.2) is 18.6 Å². The second kappa shape index (κ2) is 15.8. The summed E-state index contributed by atoms with van der Waals surface area (Å²) in [5.74, 6) is -3.20. The molecule has 0 radical (unpaired) electrons. The van der Waals surface area contributed by atoms with Crippen molar-refractivity contribution in [1.29, 1.82) is 0 Å². The number of fused-ring (bicyclic) bond motifs is 1. The summed E-state index contributed by atoms with van der Waals surface area (Å²) in [5.41, 5.74) is -0.638. The highest BCUT2D eigenvalue weighted by Gasteiger charge is 2.52. The first kappa shape index (κ1) is 36.4. The number of carbonyl (C=O) groups is 6. The van der Waals surface area contributed by atoms with Crippen molar-refractivity contribution < 1.29 is 28.8 Å². The topological polar surface area (TPSA) is 180 Å². The normalized spacial score (nSPS) is 24.2. The van der Waals surface area contributed by atoms with E-state index in [9.17, 15) is 28.8 Å². The number of rotatable bonds is 13. The summed E-state index contributed by atoms with van der Waals surface area (Å²) in [7, 11) is 0. The van der Waals surface area contributed by atoms with Gasteiger partial charge >= 0.3 is 0 Å². The summed E-state index contributed by atoms with van der Waals surface area (Å²) in [6.45, 7) is 7.85. The molecule has 1 aliphatic heterocycles. The number of carbonyl (C=O) groups excluding carboxylic acids is 6. The molecule has 1 aromatic heterocycles. The minimum absolute atomic E-state index is 0.0132. The molecule has 49 heavy (non-hydrogen) atoms. The van der Waals surface area contributed by atoms with Crippen molar-refractivity contribution in [2.75, 3.05) is 6.54 Å². The van der Waals surface area contributed by atoms with Gasteiger partial charge in [-0.05, 0) is 68.1 Å². The number of likely N-dealkylation sites (tertiary alicyclic amines) is 1. The van der Waals surface area contributed by atoms with Crippen LogP contribution in [0, 0.1) is 23.2 Å². The van der Waals surface area contributed by atoms with E-state index in [0.717, 1.165) is 64.2 Å². The fourth-order valence-corrected chi connectivity index (χ4v) is 7.87. The standard InChI is InChI=1S/C36H53N7O6/c1-5-10-25(29(44)34(48)39-23-15-16-23)40-33(47)28-24-14-9-13-22(24)20-43(28)35(49)30(36(2,3)4)42-32(46)27(21-11-7-6-8-12-21)41-31(45)26-19-37-17-18-38-26/h17-19,21-25,27-28,30H,5-16,20H2,1-4H3,(H,39,48)(H,40,47)(H,41,45)(H,42,46)/t22?,24?,25-,27+,28+,30+/m1/s1. The van der Waals surface area contributed by atoms with Crippen molar-refractivity contribution in [3.8, 4) is 0 Å². The highest BCUT2D eigenvalue weighted by molar-refractivity contribution is 6.38. The van der Waals surface area contributed by atoms with E-state index in [2.05, 4.69) is 31.2 Å². The van der Waals surface area contributed by atoms with Crippen LogP contribution >= 0.6 is 0 Å². The van der Waals surface area contributed by atoms with Gasteiger partial charge in [-0.1, -0.05) is 59.8 Å². The summed E-state index contributed by atoms with van der Waals surface area (Å²) in [6.07, 6.45) is 13.9. The van der Waals surface area contributed by atoms with E-state index in [1.165, 1.54) is 18.6 Å². The van der Waals surface area contributed by atoms with Gasteiger partial charge < -0.3 is 26.2 Å². The lowest BCUT2D eigenvalue weighted by molar-refractivity contribution is -0.146. The van der Waals surface area contributed by atoms with E-state index in [1.807, 2.05) is 27.7 Å². The monoisotopic (exact) mass is 679 g/mol. The van der Waals surface area contributed by atoms with Crippen LogP contribution < -0.4 is 21.3 Å². The number of aromatic nitrogens is 2. The van der Waals surface area contributed by atoms with Gasteiger partial charge in [0, 0.05) is 25.0 Å². The highest BCUT2D eigenvalue weighted by atomic mass is 16.2. The molecule has 2 unspecified atom stereocenters. The van der Waals surface area contributed by atoms with Gasteiger partial charge in [0.15, 0.2) is 0 Å². The molecule has 3 saturated carbocycles. The zero-order chi connectivity index (χ0) is 35.3. The second-order valence-corrected chi connectivity index (χ2v) is 15.5. The van der Waals surface area contributed by atoms with Crippen molar-refractivity contribution in [2.45, 2.75) is 135 Å². The van der Waals surface area contributed by atoms with Crippen molar-refractivity contribution in [2.24, 2.45) is 23.2 Å². The molecular weight excluding hydrogens is 626 g/mol. The largest absolute Gasteiger partial charge is 0.347 e. The lowest BCUT2D eigenvalue weighted by Gasteiger charge is -2.38. The Morgan fingerprint density at radius 2 is 1.63 bits per heavy atom. The molecule has 3 aliphatic carbocycles. The zero-order valence-corrected chi connectivity index (χ0v) is 29.3. The van der Waals surface area contributed by atoms with Crippen molar-refractivity contribution in [3.63, 3.8) is 0 Å². The molecule has 5 rings (SSSR count). The lowest BCUT2D eigenvalue weighted by atomic mass is 9.82. The Labute approximate surface area is 288 Å². The molecule has 13 nitrogen and oxygen atoms in total. The third-order valence-electron chi connectivity index (χ3n) is 10.7. The van der Waals surface area contributed by atoms with Gasteiger partial charge in [-0.2, -0.15) is 0 Å². The van der Waals surface area contributed by atoms with Gasteiger partial charge in [-0.15, -0.1) is 0 Å². The molecule has 0 aromatic carbocycles. The van der Waals surface area contributed by atoms with Crippen LogP contribution in [-0.2, 0) is 24.0 Å². The predicted molar refractivity (Wildman–Crippen MR) is 181 cm³/mol. The molecule has 1 aromatic rings. The molecule has 268 valence electrons. The number of nitrogens with zero attached hydrogens (tertiary/aromatic N) is 3.